The van der Waals surface area contributed by atoms with Gasteiger partial charge in [0, 0.05) is 0 Å². The Morgan fingerprint density at radius 1 is 1.00 bits per heavy atom. The molecule has 6 heteroatoms. The third-order valence-electron chi connectivity index (χ3n) is 5.18. The summed E-state index contributed by atoms with van der Waals surface area (Å²) in [4.78, 5) is 33.0. The molecule has 0 aliphatic heterocycles. The Morgan fingerprint density at radius 3 is 2.58 bits per heavy atom. The van der Waals surface area contributed by atoms with E-state index in [4.69, 9.17) is 9.40 Å². The molecule has 0 saturated heterocycles. The summed E-state index contributed by atoms with van der Waals surface area (Å²) in [6.45, 7) is 2.29. The predicted molar refractivity (Wildman–Crippen MR) is 124 cm³/mol. The number of thiazole rings is 1. The highest BCUT2D eigenvalue weighted by molar-refractivity contribution is 7.22. The number of carbonyl (C=O) groups is 1. The SMILES string of the molecule is Cc1cccc2sc(N(Cc3ccccc3)C(=O)c3coc4ccccc4c3=O)nc12. The van der Waals surface area contributed by atoms with E-state index in [-0.39, 0.29) is 11.0 Å². The number of hydrogen-bond donors (Lipinski definition) is 0. The Morgan fingerprint density at radius 2 is 1.77 bits per heavy atom. The lowest BCUT2D eigenvalue weighted by atomic mass is 10.1. The minimum Gasteiger partial charge on any atom is -0.463 e. The van der Waals surface area contributed by atoms with Crippen molar-refractivity contribution in [2.24, 2.45) is 0 Å². The molecule has 31 heavy (non-hydrogen) atoms. The maximum atomic E-state index is 13.6. The second kappa shape index (κ2) is 7.81. The molecular formula is C25H18N2O3S. The summed E-state index contributed by atoms with van der Waals surface area (Å²) in [7, 11) is 0. The lowest BCUT2D eigenvalue weighted by Crippen LogP contribution is -2.33. The fraction of sp³-hybridized carbons (Fsp3) is 0.0800. The molecule has 5 rings (SSSR count). The van der Waals surface area contributed by atoms with Gasteiger partial charge in [0.1, 0.15) is 17.4 Å². The number of carbonyl (C=O) groups excluding carboxylic acids is 1. The number of aryl methyl sites for hydroxylation is 1. The van der Waals surface area contributed by atoms with Gasteiger partial charge in [-0.2, -0.15) is 0 Å². The van der Waals surface area contributed by atoms with Crippen LogP contribution in [0.25, 0.3) is 21.2 Å². The Kier molecular flexibility index (Phi) is 4.84. The van der Waals surface area contributed by atoms with Crippen LogP contribution in [0, 0.1) is 6.92 Å². The molecule has 0 radical (unpaired) electrons. The van der Waals surface area contributed by atoms with Gasteiger partial charge in [-0.3, -0.25) is 14.5 Å². The average Bonchev–Trinajstić information content (AvgIpc) is 3.24. The number of para-hydroxylation sites is 2. The van der Waals surface area contributed by atoms with Crippen LogP contribution in [0.5, 0.6) is 0 Å². The van der Waals surface area contributed by atoms with Crippen LogP contribution in [0.4, 0.5) is 5.13 Å². The van der Waals surface area contributed by atoms with E-state index in [9.17, 15) is 9.59 Å². The molecule has 3 aromatic carbocycles. The second-order valence-electron chi connectivity index (χ2n) is 7.27. The average molecular weight is 426 g/mol. The van der Waals surface area contributed by atoms with Gasteiger partial charge >= 0.3 is 0 Å². The molecule has 0 bridgehead atoms. The van der Waals surface area contributed by atoms with Gasteiger partial charge < -0.3 is 4.42 Å². The van der Waals surface area contributed by atoms with Crippen LogP contribution in [-0.4, -0.2) is 10.9 Å². The van der Waals surface area contributed by atoms with Gasteiger partial charge in [0.25, 0.3) is 5.91 Å². The summed E-state index contributed by atoms with van der Waals surface area (Å²) in [5.41, 5.74) is 2.94. The first-order chi connectivity index (χ1) is 15.1. The Bertz CT molecular complexity index is 1470. The molecule has 0 atom stereocenters. The number of rotatable bonds is 4. The van der Waals surface area contributed by atoms with Crippen molar-refractivity contribution in [1.29, 1.82) is 0 Å². The van der Waals surface area contributed by atoms with Gasteiger partial charge in [-0.15, -0.1) is 0 Å². The van der Waals surface area contributed by atoms with Crippen molar-refractivity contribution in [2.75, 3.05) is 4.90 Å². The first-order valence-corrected chi connectivity index (χ1v) is 10.7. The Balaban J connectivity index is 1.64. The Labute approximate surface area is 182 Å². The number of benzene rings is 3. The molecular weight excluding hydrogens is 408 g/mol. The lowest BCUT2D eigenvalue weighted by molar-refractivity contribution is 0.0982. The number of fused-ring (bicyclic) bond motifs is 2. The van der Waals surface area contributed by atoms with Crippen LogP contribution in [0.3, 0.4) is 0 Å². The first-order valence-electron chi connectivity index (χ1n) is 9.84. The number of aromatic nitrogens is 1. The van der Waals surface area contributed by atoms with Crippen LogP contribution in [0.1, 0.15) is 21.5 Å². The second-order valence-corrected chi connectivity index (χ2v) is 8.28. The summed E-state index contributed by atoms with van der Waals surface area (Å²) in [6, 6.07) is 22.5. The molecule has 1 amide bonds. The van der Waals surface area contributed by atoms with Crippen LogP contribution >= 0.6 is 11.3 Å². The third kappa shape index (κ3) is 3.51. The molecule has 0 unspecified atom stereocenters. The zero-order chi connectivity index (χ0) is 21.4. The summed E-state index contributed by atoms with van der Waals surface area (Å²) in [6.07, 6.45) is 1.25. The smallest absolute Gasteiger partial charge is 0.267 e. The van der Waals surface area contributed by atoms with Crippen LogP contribution in [0.2, 0.25) is 0 Å². The van der Waals surface area contributed by atoms with Crippen molar-refractivity contribution in [3.63, 3.8) is 0 Å². The molecule has 0 aliphatic carbocycles. The molecule has 0 spiro atoms. The van der Waals surface area contributed by atoms with Crippen molar-refractivity contribution in [1.82, 2.24) is 4.98 Å². The minimum atomic E-state index is -0.430. The first kappa shape index (κ1) is 19.2. The van der Waals surface area contributed by atoms with E-state index in [1.165, 1.54) is 17.6 Å². The fourth-order valence-electron chi connectivity index (χ4n) is 3.55. The Hall–Kier alpha value is -3.77. The predicted octanol–water partition coefficient (Wildman–Crippen LogP) is 5.56. The molecule has 0 saturated carbocycles. The summed E-state index contributed by atoms with van der Waals surface area (Å²) >= 11 is 1.43. The summed E-state index contributed by atoms with van der Waals surface area (Å²) in [5.74, 6) is -0.430. The van der Waals surface area contributed by atoms with Gasteiger partial charge in [0.05, 0.1) is 22.1 Å². The van der Waals surface area contributed by atoms with E-state index < -0.39 is 5.91 Å². The van der Waals surface area contributed by atoms with E-state index in [1.54, 1.807) is 29.2 Å². The maximum Gasteiger partial charge on any atom is 0.267 e. The highest BCUT2D eigenvalue weighted by atomic mass is 32.1. The van der Waals surface area contributed by atoms with Crippen molar-refractivity contribution in [3.8, 4) is 0 Å². The topological polar surface area (TPSA) is 63.4 Å². The van der Waals surface area contributed by atoms with E-state index in [0.29, 0.717) is 22.6 Å². The molecule has 2 aromatic heterocycles. The standard InChI is InChI=1S/C25H18N2O3S/c1-16-8-7-13-21-22(16)26-25(31-21)27(14-17-9-3-2-4-10-17)24(29)19-15-30-20-12-6-5-11-18(20)23(19)28/h2-13,15H,14H2,1H3. The zero-order valence-corrected chi connectivity index (χ0v) is 17.6. The van der Waals surface area contributed by atoms with E-state index in [1.807, 2.05) is 55.5 Å². The number of amides is 1. The maximum absolute atomic E-state index is 13.6. The van der Waals surface area contributed by atoms with E-state index in [2.05, 4.69) is 0 Å². The summed E-state index contributed by atoms with van der Waals surface area (Å²) in [5, 5.41) is 0.930. The fourth-order valence-corrected chi connectivity index (χ4v) is 4.59. The number of anilines is 1. The van der Waals surface area contributed by atoms with Crippen molar-refractivity contribution in [3.05, 3.63) is 106 Å². The van der Waals surface area contributed by atoms with Gasteiger partial charge in [-0.25, -0.2) is 4.98 Å². The van der Waals surface area contributed by atoms with E-state index in [0.717, 1.165) is 21.3 Å². The van der Waals surface area contributed by atoms with Crippen LogP contribution in [-0.2, 0) is 6.54 Å². The lowest BCUT2D eigenvalue weighted by Gasteiger charge is -2.19. The van der Waals surface area contributed by atoms with Gasteiger partial charge in [-0.05, 0) is 36.2 Å². The molecule has 152 valence electrons. The van der Waals surface area contributed by atoms with Gasteiger partial charge in [0.15, 0.2) is 5.13 Å². The highest BCUT2D eigenvalue weighted by Gasteiger charge is 2.25. The third-order valence-corrected chi connectivity index (χ3v) is 6.22. The largest absolute Gasteiger partial charge is 0.463 e. The van der Waals surface area contributed by atoms with Crippen molar-refractivity contribution < 1.29 is 9.21 Å². The monoisotopic (exact) mass is 426 g/mol. The molecule has 0 fully saturated rings. The number of nitrogens with zero attached hydrogens (tertiary/aromatic N) is 2. The molecule has 5 aromatic rings. The normalized spacial score (nSPS) is 11.1. The molecule has 0 aliphatic rings. The van der Waals surface area contributed by atoms with E-state index >= 15 is 0 Å². The highest BCUT2D eigenvalue weighted by Crippen LogP contribution is 2.32. The van der Waals surface area contributed by atoms with Gasteiger partial charge in [0.2, 0.25) is 5.43 Å². The molecule has 0 N–H and O–H groups in total. The number of hydrogen-bond acceptors (Lipinski definition) is 5. The van der Waals surface area contributed by atoms with Crippen LogP contribution in [0.15, 0.2) is 88.3 Å². The summed E-state index contributed by atoms with van der Waals surface area (Å²) < 4.78 is 6.59. The minimum absolute atomic E-state index is 0.00870. The van der Waals surface area contributed by atoms with Crippen LogP contribution < -0.4 is 10.3 Å². The van der Waals surface area contributed by atoms with Crippen molar-refractivity contribution in [2.45, 2.75) is 13.5 Å². The van der Waals surface area contributed by atoms with Gasteiger partial charge in [-0.1, -0.05) is 65.9 Å². The zero-order valence-electron chi connectivity index (χ0n) is 16.7. The quantitative estimate of drug-likeness (QED) is 0.378. The molecule has 2 heterocycles. The van der Waals surface area contributed by atoms with Crippen molar-refractivity contribution >= 4 is 43.6 Å². The molecule has 5 nitrogen and oxygen atoms in total.